The van der Waals surface area contributed by atoms with Crippen molar-refractivity contribution in [2.45, 2.75) is 38.3 Å². The number of hydrogen-bond acceptors (Lipinski definition) is 4. The smallest absolute Gasteiger partial charge is 0.227 e. The van der Waals surface area contributed by atoms with Crippen LogP contribution < -0.4 is 15.5 Å². The molecule has 0 radical (unpaired) electrons. The molecule has 2 fully saturated rings. The molecule has 1 atom stereocenters. The molecule has 7 nitrogen and oxygen atoms in total. The van der Waals surface area contributed by atoms with Gasteiger partial charge in [0, 0.05) is 58.5 Å². The Morgan fingerprint density at radius 2 is 2.00 bits per heavy atom. The highest BCUT2D eigenvalue weighted by molar-refractivity contribution is 14.0. The third-order valence-electron chi connectivity index (χ3n) is 5.59. The molecule has 0 aliphatic carbocycles. The van der Waals surface area contributed by atoms with Crippen LogP contribution in [0.2, 0.25) is 0 Å². The first-order valence-corrected chi connectivity index (χ1v) is 10.3. The van der Waals surface area contributed by atoms with Crippen LogP contribution in [0.15, 0.2) is 29.3 Å². The van der Waals surface area contributed by atoms with Gasteiger partial charge in [-0.3, -0.25) is 14.7 Å². The van der Waals surface area contributed by atoms with E-state index in [0.717, 1.165) is 50.9 Å². The number of benzene rings is 1. The number of ether oxygens (including phenoxy) is 1. The number of anilines is 1. The topological polar surface area (TPSA) is 69.2 Å². The van der Waals surface area contributed by atoms with Crippen LogP contribution >= 0.6 is 24.0 Å². The first-order valence-electron chi connectivity index (χ1n) is 10.3. The lowest BCUT2D eigenvalue weighted by atomic mass is 10.2. The Hall–Kier alpha value is -1.39. The number of rotatable bonds is 8. The second-order valence-corrected chi connectivity index (χ2v) is 7.45. The zero-order chi connectivity index (χ0) is 19.8. The summed E-state index contributed by atoms with van der Waals surface area (Å²) in [7, 11) is 3.55. The van der Waals surface area contributed by atoms with Gasteiger partial charge in [-0.1, -0.05) is 12.1 Å². The Morgan fingerprint density at radius 3 is 2.66 bits per heavy atom. The van der Waals surface area contributed by atoms with Crippen molar-refractivity contribution in [1.29, 1.82) is 0 Å². The highest BCUT2D eigenvalue weighted by Gasteiger charge is 2.24. The maximum absolute atomic E-state index is 11.9. The van der Waals surface area contributed by atoms with E-state index >= 15 is 0 Å². The fourth-order valence-electron chi connectivity index (χ4n) is 3.97. The van der Waals surface area contributed by atoms with Gasteiger partial charge in [0.05, 0.1) is 6.61 Å². The second kappa shape index (κ2) is 12.3. The van der Waals surface area contributed by atoms with Crippen molar-refractivity contribution in [3.8, 4) is 0 Å². The predicted octanol–water partition coefficient (Wildman–Crippen LogP) is 2.21. The summed E-state index contributed by atoms with van der Waals surface area (Å²) >= 11 is 0. The predicted molar refractivity (Wildman–Crippen MR) is 128 cm³/mol. The number of hydrogen-bond donors (Lipinski definition) is 2. The van der Waals surface area contributed by atoms with Gasteiger partial charge in [0.25, 0.3) is 0 Å². The lowest BCUT2D eigenvalue weighted by molar-refractivity contribution is -0.117. The zero-order valence-corrected chi connectivity index (χ0v) is 19.9. The third-order valence-corrected chi connectivity index (χ3v) is 5.59. The van der Waals surface area contributed by atoms with Crippen LogP contribution in [0.3, 0.4) is 0 Å². The van der Waals surface area contributed by atoms with Gasteiger partial charge in [0.2, 0.25) is 5.91 Å². The Kier molecular flexibility index (Phi) is 10.2. The molecule has 0 bridgehead atoms. The molecule has 1 amide bonds. The number of nitrogens with one attached hydrogen (secondary N) is 2. The monoisotopic (exact) mass is 515 g/mol. The molecule has 2 saturated heterocycles. The molecule has 2 aliphatic rings. The third kappa shape index (κ3) is 6.82. The van der Waals surface area contributed by atoms with Crippen molar-refractivity contribution in [3.05, 3.63) is 29.8 Å². The van der Waals surface area contributed by atoms with E-state index in [1.165, 1.54) is 18.4 Å². The van der Waals surface area contributed by atoms with Crippen molar-refractivity contribution < 1.29 is 9.53 Å². The van der Waals surface area contributed by atoms with Gasteiger partial charge in [-0.05, 0) is 43.5 Å². The van der Waals surface area contributed by atoms with Gasteiger partial charge in [-0.2, -0.15) is 0 Å². The average molecular weight is 515 g/mol. The normalized spacial score (nSPS) is 20.1. The fourth-order valence-corrected chi connectivity index (χ4v) is 3.97. The molecule has 2 N–H and O–H groups in total. The zero-order valence-electron chi connectivity index (χ0n) is 17.5. The number of nitrogens with zero attached hydrogens (tertiary/aromatic N) is 3. The Morgan fingerprint density at radius 1 is 1.21 bits per heavy atom. The van der Waals surface area contributed by atoms with Crippen LogP contribution in [0.25, 0.3) is 0 Å². The van der Waals surface area contributed by atoms with Gasteiger partial charge < -0.3 is 20.3 Å². The highest BCUT2D eigenvalue weighted by Crippen LogP contribution is 2.21. The van der Waals surface area contributed by atoms with Crippen LogP contribution in [0.1, 0.15) is 31.2 Å². The van der Waals surface area contributed by atoms with Crippen LogP contribution in [-0.2, 0) is 16.1 Å². The molecule has 0 saturated carbocycles. The maximum Gasteiger partial charge on any atom is 0.227 e. The molecular formula is C21H34IN5O2. The number of carbonyl (C=O) groups is 1. The van der Waals surface area contributed by atoms with Crippen LogP contribution in [0, 0.1) is 0 Å². The lowest BCUT2D eigenvalue weighted by Crippen LogP contribution is -2.45. The van der Waals surface area contributed by atoms with Gasteiger partial charge in [0.1, 0.15) is 0 Å². The minimum Gasteiger partial charge on any atom is -0.383 e. The van der Waals surface area contributed by atoms with Crippen molar-refractivity contribution in [3.63, 3.8) is 0 Å². The number of aliphatic imine (C=N–C) groups is 1. The number of guanidine groups is 1. The number of likely N-dealkylation sites (tertiary alicyclic amines) is 1. The summed E-state index contributed by atoms with van der Waals surface area (Å²) in [4.78, 5) is 20.6. The summed E-state index contributed by atoms with van der Waals surface area (Å²) < 4.78 is 5.21. The molecule has 1 unspecified atom stereocenters. The van der Waals surface area contributed by atoms with E-state index in [1.807, 2.05) is 17.0 Å². The molecule has 0 aromatic heterocycles. The van der Waals surface area contributed by atoms with E-state index in [1.54, 1.807) is 14.2 Å². The van der Waals surface area contributed by atoms with Gasteiger partial charge in [0.15, 0.2) is 5.96 Å². The van der Waals surface area contributed by atoms with E-state index in [-0.39, 0.29) is 29.9 Å². The molecule has 162 valence electrons. The van der Waals surface area contributed by atoms with Gasteiger partial charge in [-0.25, -0.2) is 0 Å². The summed E-state index contributed by atoms with van der Waals surface area (Å²) in [6.45, 7) is 5.33. The SMILES string of the molecule is CN=C(NCc1ccc(N2CCCC2=O)cc1)NCC1CCCN1CCOC.I. The minimum absolute atomic E-state index is 0. The molecule has 1 aromatic rings. The molecule has 3 rings (SSSR count). The van der Waals surface area contributed by atoms with Gasteiger partial charge >= 0.3 is 0 Å². The van der Waals surface area contributed by atoms with E-state index in [2.05, 4.69) is 32.7 Å². The van der Waals surface area contributed by atoms with Crippen molar-refractivity contribution in [1.82, 2.24) is 15.5 Å². The Bertz CT molecular complexity index is 668. The summed E-state index contributed by atoms with van der Waals surface area (Å²) in [6.07, 6.45) is 4.07. The van der Waals surface area contributed by atoms with Crippen LogP contribution in [0.4, 0.5) is 5.69 Å². The summed E-state index contributed by atoms with van der Waals surface area (Å²) in [5.74, 6) is 1.04. The maximum atomic E-state index is 11.9. The second-order valence-electron chi connectivity index (χ2n) is 7.45. The molecule has 0 spiro atoms. The Labute approximate surface area is 191 Å². The molecular weight excluding hydrogens is 481 g/mol. The van der Waals surface area contributed by atoms with Gasteiger partial charge in [-0.15, -0.1) is 24.0 Å². The largest absolute Gasteiger partial charge is 0.383 e. The average Bonchev–Trinajstić information content (AvgIpc) is 3.35. The summed E-state index contributed by atoms with van der Waals surface area (Å²) in [5, 5.41) is 6.83. The molecule has 2 heterocycles. The number of carbonyl (C=O) groups excluding carboxylic acids is 1. The minimum atomic E-state index is 0. The van der Waals surface area contributed by atoms with E-state index in [0.29, 0.717) is 19.0 Å². The van der Waals surface area contributed by atoms with Crippen molar-refractivity contribution in [2.75, 3.05) is 51.8 Å². The molecule has 1 aromatic carbocycles. The van der Waals surface area contributed by atoms with Crippen molar-refractivity contribution in [2.24, 2.45) is 4.99 Å². The lowest BCUT2D eigenvalue weighted by Gasteiger charge is -2.25. The number of amides is 1. The Balaban J connectivity index is 0.00000300. The van der Waals surface area contributed by atoms with Crippen LogP contribution in [-0.4, -0.2) is 69.8 Å². The molecule has 8 heteroatoms. The number of methoxy groups -OCH3 is 1. The first kappa shape index (κ1) is 23.9. The summed E-state index contributed by atoms with van der Waals surface area (Å²) in [6, 6.07) is 8.74. The highest BCUT2D eigenvalue weighted by atomic mass is 127. The number of halogens is 1. The standard InChI is InChI=1S/C21H33N5O2.HI/c1-22-21(24-16-19-5-3-11-25(19)13-14-28-2)23-15-17-7-9-18(10-8-17)26-12-4-6-20(26)27;/h7-10,19H,3-6,11-16H2,1-2H3,(H2,22,23,24);1H. The van der Waals surface area contributed by atoms with Crippen LogP contribution in [0.5, 0.6) is 0 Å². The summed E-state index contributed by atoms with van der Waals surface area (Å²) in [5.41, 5.74) is 2.16. The van der Waals surface area contributed by atoms with E-state index in [9.17, 15) is 4.79 Å². The molecule has 29 heavy (non-hydrogen) atoms. The van der Waals surface area contributed by atoms with Crippen molar-refractivity contribution >= 4 is 41.5 Å². The van der Waals surface area contributed by atoms with E-state index in [4.69, 9.17) is 4.74 Å². The molecule has 2 aliphatic heterocycles. The van der Waals surface area contributed by atoms with E-state index < -0.39 is 0 Å². The fraction of sp³-hybridized carbons (Fsp3) is 0.619. The first-order chi connectivity index (χ1) is 13.7. The quantitative estimate of drug-likeness (QED) is 0.316.